The minimum Gasteiger partial charge on any atom is -0.493 e. The van der Waals surface area contributed by atoms with E-state index in [1.165, 1.54) is 16.7 Å². The van der Waals surface area contributed by atoms with Crippen molar-refractivity contribution in [2.75, 3.05) is 19.7 Å². The normalized spacial score (nSPS) is 16.7. The zero-order valence-electron chi connectivity index (χ0n) is 15.0. The molecule has 0 spiro atoms. The van der Waals surface area contributed by atoms with Gasteiger partial charge in [-0.25, -0.2) is 0 Å². The number of benzene rings is 2. The zero-order chi connectivity index (χ0) is 17.2. The van der Waals surface area contributed by atoms with E-state index in [-0.39, 0.29) is 24.2 Å². The summed E-state index contributed by atoms with van der Waals surface area (Å²) in [5.74, 6) is 1.72. The van der Waals surface area contributed by atoms with Crippen molar-refractivity contribution in [1.82, 2.24) is 10.6 Å². The van der Waals surface area contributed by atoms with Crippen LogP contribution < -0.4 is 15.4 Å². The molecule has 5 heteroatoms. The number of hydrogen-bond donors (Lipinski definition) is 2. The largest absolute Gasteiger partial charge is 0.493 e. The van der Waals surface area contributed by atoms with Gasteiger partial charge in [-0.15, -0.1) is 12.4 Å². The molecule has 2 aromatic rings. The van der Waals surface area contributed by atoms with Crippen molar-refractivity contribution >= 4 is 18.3 Å². The van der Waals surface area contributed by atoms with Gasteiger partial charge in [0.05, 0.1) is 6.61 Å². The minimum absolute atomic E-state index is 0. The highest BCUT2D eigenvalue weighted by Crippen LogP contribution is 2.30. The SMILES string of the molecule is CC(C(=O)NCc1ccc(-c2ccc3c(c2)CCO3)cc1)C1CNC1.Cl. The first-order valence-electron chi connectivity index (χ1n) is 9.04. The molecule has 1 fully saturated rings. The lowest BCUT2D eigenvalue weighted by Gasteiger charge is -2.31. The first-order chi connectivity index (χ1) is 12.2. The monoisotopic (exact) mass is 372 g/mol. The molecule has 138 valence electrons. The number of carbonyl (C=O) groups excluding carboxylic acids is 1. The van der Waals surface area contributed by atoms with Gasteiger partial charge in [0.2, 0.25) is 5.91 Å². The van der Waals surface area contributed by atoms with Crippen LogP contribution in [-0.4, -0.2) is 25.6 Å². The van der Waals surface area contributed by atoms with Crippen molar-refractivity contribution in [2.24, 2.45) is 11.8 Å². The summed E-state index contributed by atoms with van der Waals surface area (Å²) in [5.41, 5.74) is 4.82. The Morgan fingerprint density at radius 3 is 2.62 bits per heavy atom. The highest BCUT2D eigenvalue weighted by atomic mass is 35.5. The lowest BCUT2D eigenvalue weighted by atomic mass is 9.88. The molecule has 2 aliphatic heterocycles. The summed E-state index contributed by atoms with van der Waals surface area (Å²) < 4.78 is 5.57. The van der Waals surface area contributed by atoms with Crippen molar-refractivity contribution in [2.45, 2.75) is 19.9 Å². The van der Waals surface area contributed by atoms with Gasteiger partial charge in [-0.1, -0.05) is 37.3 Å². The molecule has 1 unspecified atom stereocenters. The van der Waals surface area contributed by atoms with Gasteiger partial charge in [-0.3, -0.25) is 4.79 Å². The van der Waals surface area contributed by atoms with E-state index in [9.17, 15) is 4.79 Å². The quantitative estimate of drug-likeness (QED) is 0.847. The third kappa shape index (κ3) is 3.87. The summed E-state index contributed by atoms with van der Waals surface area (Å²) in [6, 6.07) is 14.8. The summed E-state index contributed by atoms with van der Waals surface area (Å²) in [4.78, 5) is 12.2. The van der Waals surface area contributed by atoms with Gasteiger partial charge >= 0.3 is 0 Å². The number of fused-ring (bicyclic) bond motifs is 1. The van der Waals surface area contributed by atoms with E-state index in [2.05, 4.69) is 53.1 Å². The molecule has 0 radical (unpaired) electrons. The van der Waals surface area contributed by atoms with Gasteiger partial charge in [-0.05, 0) is 53.4 Å². The Labute approximate surface area is 160 Å². The molecule has 0 aromatic heterocycles. The Bertz CT molecular complexity index is 772. The van der Waals surface area contributed by atoms with Crippen LogP contribution in [0.2, 0.25) is 0 Å². The van der Waals surface area contributed by atoms with Crippen LogP contribution >= 0.6 is 12.4 Å². The van der Waals surface area contributed by atoms with Gasteiger partial charge in [0.1, 0.15) is 5.75 Å². The van der Waals surface area contributed by atoms with Crippen LogP contribution in [0, 0.1) is 11.8 Å². The third-order valence-corrected chi connectivity index (χ3v) is 5.38. The fraction of sp³-hybridized carbons (Fsp3) is 0.381. The highest BCUT2D eigenvalue weighted by molar-refractivity contribution is 5.85. The van der Waals surface area contributed by atoms with E-state index in [4.69, 9.17) is 4.74 Å². The number of rotatable bonds is 5. The second-order valence-electron chi connectivity index (χ2n) is 7.04. The van der Waals surface area contributed by atoms with Crippen LogP contribution in [-0.2, 0) is 17.8 Å². The first-order valence-corrected chi connectivity index (χ1v) is 9.04. The highest BCUT2D eigenvalue weighted by Gasteiger charge is 2.28. The molecule has 1 saturated heterocycles. The van der Waals surface area contributed by atoms with Gasteiger partial charge in [0, 0.05) is 18.9 Å². The van der Waals surface area contributed by atoms with E-state index in [1.54, 1.807) is 0 Å². The Hall–Kier alpha value is -2.04. The lowest BCUT2D eigenvalue weighted by Crippen LogP contribution is -2.49. The van der Waals surface area contributed by atoms with E-state index in [1.807, 2.05) is 6.92 Å². The lowest BCUT2D eigenvalue weighted by molar-refractivity contribution is -0.126. The van der Waals surface area contributed by atoms with Crippen molar-refractivity contribution in [3.8, 4) is 16.9 Å². The predicted molar refractivity (Wildman–Crippen MR) is 106 cm³/mol. The molecule has 2 heterocycles. The standard InChI is InChI=1S/C21H24N2O2.ClH/c1-14(19-12-22-13-19)21(24)23-11-15-2-4-16(5-3-15)17-6-7-20-18(10-17)8-9-25-20;/h2-7,10,14,19,22H,8-9,11-13H2,1H3,(H,23,24);1H. The van der Waals surface area contributed by atoms with Gasteiger partial charge in [0.15, 0.2) is 0 Å². The molecule has 2 aromatic carbocycles. The van der Waals surface area contributed by atoms with Crippen LogP contribution in [0.4, 0.5) is 0 Å². The molecular weight excluding hydrogens is 348 g/mol. The molecule has 2 aliphatic rings. The molecule has 2 N–H and O–H groups in total. The molecule has 0 saturated carbocycles. The molecule has 4 nitrogen and oxygen atoms in total. The molecule has 0 aliphatic carbocycles. The number of halogens is 1. The van der Waals surface area contributed by atoms with Crippen molar-refractivity contribution in [3.05, 3.63) is 53.6 Å². The van der Waals surface area contributed by atoms with E-state index in [0.717, 1.165) is 37.4 Å². The Balaban J connectivity index is 0.00000196. The Morgan fingerprint density at radius 1 is 1.19 bits per heavy atom. The topological polar surface area (TPSA) is 50.4 Å². The number of hydrogen-bond acceptors (Lipinski definition) is 3. The molecule has 4 rings (SSSR count). The predicted octanol–water partition coefficient (Wildman–Crippen LogP) is 3.18. The number of ether oxygens (including phenoxy) is 1. The van der Waals surface area contributed by atoms with Crippen LogP contribution in [0.25, 0.3) is 11.1 Å². The van der Waals surface area contributed by atoms with E-state index < -0.39 is 0 Å². The van der Waals surface area contributed by atoms with E-state index in [0.29, 0.717) is 12.5 Å². The molecule has 1 amide bonds. The van der Waals surface area contributed by atoms with Crippen LogP contribution in [0.1, 0.15) is 18.1 Å². The maximum absolute atomic E-state index is 12.2. The van der Waals surface area contributed by atoms with Crippen molar-refractivity contribution in [1.29, 1.82) is 0 Å². The average Bonchev–Trinajstić information content (AvgIpc) is 3.06. The summed E-state index contributed by atoms with van der Waals surface area (Å²) in [7, 11) is 0. The average molecular weight is 373 g/mol. The summed E-state index contributed by atoms with van der Waals surface area (Å²) in [5, 5.41) is 6.28. The van der Waals surface area contributed by atoms with Gasteiger partial charge in [-0.2, -0.15) is 0 Å². The Morgan fingerprint density at radius 2 is 1.92 bits per heavy atom. The summed E-state index contributed by atoms with van der Waals surface area (Å²) in [6.45, 7) is 5.29. The molecular formula is C21H25ClN2O2. The van der Waals surface area contributed by atoms with Crippen LogP contribution in [0.3, 0.4) is 0 Å². The van der Waals surface area contributed by atoms with Gasteiger partial charge < -0.3 is 15.4 Å². The van der Waals surface area contributed by atoms with Crippen LogP contribution in [0.5, 0.6) is 5.75 Å². The number of nitrogens with one attached hydrogen (secondary N) is 2. The first kappa shape index (κ1) is 18.7. The maximum Gasteiger partial charge on any atom is 0.223 e. The Kier molecular flexibility index (Phi) is 5.84. The zero-order valence-corrected chi connectivity index (χ0v) is 15.8. The molecule has 0 bridgehead atoms. The maximum atomic E-state index is 12.2. The molecule has 1 atom stereocenters. The second-order valence-corrected chi connectivity index (χ2v) is 7.04. The smallest absolute Gasteiger partial charge is 0.223 e. The van der Waals surface area contributed by atoms with Gasteiger partial charge in [0.25, 0.3) is 0 Å². The van der Waals surface area contributed by atoms with E-state index >= 15 is 0 Å². The second kappa shape index (κ2) is 8.11. The fourth-order valence-electron chi connectivity index (χ4n) is 3.41. The van der Waals surface area contributed by atoms with Crippen molar-refractivity contribution < 1.29 is 9.53 Å². The summed E-state index contributed by atoms with van der Waals surface area (Å²) >= 11 is 0. The molecule has 26 heavy (non-hydrogen) atoms. The summed E-state index contributed by atoms with van der Waals surface area (Å²) in [6.07, 6.45) is 0.988. The van der Waals surface area contributed by atoms with Crippen LogP contribution in [0.15, 0.2) is 42.5 Å². The number of amides is 1. The van der Waals surface area contributed by atoms with Crippen molar-refractivity contribution in [3.63, 3.8) is 0 Å². The fourth-order valence-corrected chi connectivity index (χ4v) is 3.41. The minimum atomic E-state index is 0. The third-order valence-electron chi connectivity index (χ3n) is 5.38. The number of carbonyl (C=O) groups is 1.